The van der Waals surface area contributed by atoms with Crippen molar-refractivity contribution in [3.05, 3.63) is 65.7 Å². The fourth-order valence-corrected chi connectivity index (χ4v) is 4.56. The average Bonchev–Trinajstić information content (AvgIpc) is 2.53. The maximum Gasteiger partial charge on any atom is 0.241 e. The van der Waals surface area contributed by atoms with Gasteiger partial charge in [-0.25, -0.2) is 21.6 Å². The quantitative estimate of drug-likeness (QED) is 0.814. The summed E-state index contributed by atoms with van der Waals surface area (Å²) < 4.78 is 51.1. The van der Waals surface area contributed by atoms with Crippen molar-refractivity contribution in [2.45, 2.75) is 24.3 Å². The van der Waals surface area contributed by atoms with Crippen LogP contribution in [0, 0.1) is 0 Å². The van der Waals surface area contributed by atoms with Gasteiger partial charge in [-0.1, -0.05) is 49.4 Å². The first-order valence-corrected chi connectivity index (χ1v) is 11.1. The zero-order valence-electron chi connectivity index (χ0n) is 13.6. The monoisotopic (exact) mass is 367 g/mol. The third-order valence-electron chi connectivity index (χ3n) is 3.61. The second-order valence-electron chi connectivity index (χ2n) is 5.67. The first-order valence-electron chi connectivity index (χ1n) is 7.55. The summed E-state index contributed by atoms with van der Waals surface area (Å²) in [5.41, 5.74) is 1.64. The largest absolute Gasteiger partial charge is 0.241 e. The van der Waals surface area contributed by atoms with Gasteiger partial charge in [0.1, 0.15) is 9.84 Å². The van der Waals surface area contributed by atoms with Gasteiger partial charge < -0.3 is 0 Å². The van der Waals surface area contributed by atoms with Gasteiger partial charge in [0.15, 0.2) is 0 Å². The molecular formula is C17H21NO4S2. The highest BCUT2D eigenvalue weighted by Gasteiger charge is 2.24. The second kappa shape index (κ2) is 7.46. The van der Waals surface area contributed by atoms with Crippen LogP contribution in [0.2, 0.25) is 0 Å². The van der Waals surface area contributed by atoms with Gasteiger partial charge >= 0.3 is 0 Å². The zero-order chi connectivity index (χ0) is 17.8. The molecule has 0 unspecified atom stereocenters. The number of nitrogens with one attached hydrogen (secondary N) is 1. The molecule has 0 radical (unpaired) electrons. The highest BCUT2D eigenvalue weighted by molar-refractivity contribution is 7.91. The van der Waals surface area contributed by atoms with Crippen molar-refractivity contribution in [2.24, 2.45) is 0 Å². The molecule has 0 aliphatic carbocycles. The van der Waals surface area contributed by atoms with Gasteiger partial charge in [-0.3, -0.25) is 0 Å². The Hall–Kier alpha value is -1.70. The van der Waals surface area contributed by atoms with Crippen LogP contribution in [0.15, 0.2) is 59.5 Å². The Balaban J connectivity index is 2.33. The summed E-state index contributed by atoms with van der Waals surface area (Å²) >= 11 is 0. The zero-order valence-corrected chi connectivity index (χ0v) is 15.3. The van der Waals surface area contributed by atoms with Gasteiger partial charge in [0.2, 0.25) is 10.0 Å². The van der Waals surface area contributed by atoms with Crippen LogP contribution in [0.5, 0.6) is 0 Å². The Labute approximate surface area is 143 Å². The van der Waals surface area contributed by atoms with Crippen molar-refractivity contribution in [2.75, 3.05) is 12.0 Å². The molecule has 0 spiro atoms. The number of benzene rings is 2. The van der Waals surface area contributed by atoms with E-state index in [9.17, 15) is 16.8 Å². The van der Waals surface area contributed by atoms with Crippen LogP contribution in [0.25, 0.3) is 0 Å². The van der Waals surface area contributed by atoms with Gasteiger partial charge in [-0.2, -0.15) is 0 Å². The molecule has 2 rings (SSSR count). The van der Waals surface area contributed by atoms with E-state index in [1.165, 1.54) is 12.1 Å². The van der Waals surface area contributed by atoms with E-state index >= 15 is 0 Å². The van der Waals surface area contributed by atoms with E-state index in [-0.39, 0.29) is 10.6 Å². The van der Waals surface area contributed by atoms with Crippen LogP contribution in [0.3, 0.4) is 0 Å². The van der Waals surface area contributed by atoms with Crippen LogP contribution in [0.4, 0.5) is 0 Å². The molecule has 2 aromatic rings. The summed E-state index contributed by atoms with van der Waals surface area (Å²) in [7, 11) is -7.18. The van der Waals surface area contributed by atoms with Crippen molar-refractivity contribution < 1.29 is 16.8 Å². The summed E-state index contributed by atoms with van der Waals surface area (Å²) in [4.78, 5) is 0.120. The third kappa shape index (κ3) is 5.15. The minimum Gasteiger partial charge on any atom is -0.229 e. The van der Waals surface area contributed by atoms with Crippen LogP contribution in [-0.2, 0) is 26.3 Å². The summed E-state index contributed by atoms with van der Waals surface area (Å²) in [5.74, 6) is -0.302. The molecule has 0 aromatic heterocycles. The summed E-state index contributed by atoms with van der Waals surface area (Å²) in [6.45, 7) is 1.99. The van der Waals surface area contributed by atoms with E-state index in [4.69, 9.17) is 0 Å². The fraction of sp³-hybridized carbons (Fsp3) is 0.294. The minimum absolute atomic E-state index is 0.120. The molecule has 5 nitrogen and oxygen atoms in total. The molecule has 0 saturated carbocycles. The van der Waals surface area contributed by atoms with Crippen molar-refractivity contribution >= 4 is 19.9 Å². The number of aryl methyl sites for hydroxylation is 1. The van der Waals surface area contributed by atoms with E-state index in [1.807, 2.05) is 6.92 Å². The van der Waals surface area contributed by atoms with Crippen LogP contribution < -0.4 is 4.72 Å². The minimum atomic E-state index is -3.82. The Morgan fingerprint density at radius 1 is 0.917 bits per heavy atom. The standard InChI is InChI=1S/C17H21NO4S2/c1-3-14-9-11-16(12-10-14)24(21,22)18-17(13-23(2,19)20)15-7-5-4-6-8-15/h4-12,17-18H,3,13H2,1-2H3/t17-/m1/s1. The van der Waals surface area contributed by atoms with Gasteiger partial charge in [-0.05, 0) is 29.7 Å². The van der Waals surface area contributed by atoms with E-state index in [0.29, 0.717) is 5.56 Å². The normalized spacial score (nSPS) is 13.6. The summed E-state index contributed by atoms with van der Waals surface area (Å²) in [6.07, 6.45) is 1.90. The molecule has 7 heteroatoms. The number of sulfone groups is 1. The Morgan fingerprint density at radius 3 is 2.00 bits per heavy atom. The van der Waals surface area contributed by atoms with Crippen molar-refractivity contribution in [3.8, 4) is 0 Å². The van der Waals surface area contributed by atoms with Gasteiger partial charge in [0, 0.05) is 6.26 Å². The molecule has 0 bridgehead atoms. The predicted octanol–water partition coefficient (Wildman–Crippen LogP) is 2.31. The van der Waals surface area contributed by atoms with Crippen molar-refractivity contribution in [1.82, 2.24) is 4.72 Å². The number of hydrogen-bond acceptors (Lipinski definition) is 4. The predicted molar refractivity (Wildman–Crippen MR) is 95.0 cm³/mol. The molecular weight excluding hydrogens is 346 g/mol. The average molecular weight is 367 g/mol. The molecule has 24 heavy (non-hydrogen) atoms. The molecule has 0 heterocycles. The lowest BCUT2D eigenvalue weighted by Gasteiger charge is -2.18. The second-order valence-corrected chi connectivity index (χ2v) is 9.57. The maximum atomic E-state index is 12.6. The molecule has 0 aliphatic heterocycles. The van der Waals surface area contributed by atoms with Crippen LogP contribution in [0.1, 0.15) is 24.1 Å². The summed E-state index contributed by atoms with van der Waals surface area (Å²) in [6, 6.07) is 14.4. The molecule has 1 N–H and O–H groups in total. The lowest BCUT2D eigenvalue weighted by Crippen LogP contribution is -2.33. The highest BCUT2D eigenvalue weighted by atomic mass is 32.2. The Bertz CT molecular complexity index is 874. The molecule has 2 aromatic carbocycles. The molecule has 130 valence electrons. The molecule has 0 fully saturated rings. The topological polar surface area (TPSA) is 80.3 Å². The summed E-state index contributed by atoms with van der Waals surface area (Å²) in [5, 5.41) is 0. The lowest BCUT2D eigenvalue weighted by atomic mass is 10.1. The molecule has 0 aliphatic rings. The number of hydrogen-bond donors (Lipinski definition) is 1. The van der Waals surface area contributed by atoms with Crippen LogP contribution >= 0.6 is 0 Å². The third-order valence-corrected chi connectivity index (χ3v) is 6.04. The van der Waals surface area contributed by atoms with Crippen molar-refractivity contribution in [3.63, 3.8) is 0 Å². The smallest absolute Gasteiger partial charge is 0.229 e. The SMILES string of the molecule is CCc1ccc(S(=O)(=O)N[C@H](CS(C)(=O)=O)c2ccccc2)cc1. The van der Waals surface area contributed by atoms with E-state index in [2.05, 4.69) is 4.72 Å². The molecule has 0 amide bonds. The van der Waals surface area contributed by atoms with E-state index in [1.54, 1.807) is 42.5 Å². The Morgan fingerprint density at radius 2 is 1.50 bits per heavy atom. The molecule has 0 saturated heterocycles. The highest BCUT2D eigenvalue weighted by Crippen LogP contribution is 2.19. The number of sulfonamides is 1. The first-order chi connectivity index (χ1) is 11.2. The van der Waals surface area contributed by atoms with Crippen LogP contribution in [-0.4, -0.2) is 28.8 Å². The van der Waals surface area contributed by atoms with Gasteiger partial charge in [0.25, 0.3) is 0 Å². The number of rotatable bonds is 7. The van der Waals surface area contributed by atoms with E-state index in [0.717, 1.165) is 18.2 Å². The first kappa shape index (κ1) is 18.6. The van der Waals surface area contributed by atoms with Crippen molar-refractivity contribution in [1.29, 1.82) is 0 Å². The van der Waals surface area contributed by atoms with E-state index < -0.39 is 25.9 Å². The fourth-order valence-electron chi connectivity index (χ4n) is 2.35. The Kier molecular flexibility index (Phi) is 5.79. The maximum absolute atomic E-state index is 12.6. The molecule has 1 atom stereocenters. The van der Waals surface area contributed by atoms with Gasteiger partial charge in [0.05, 0.1) is 16.7 Å². The van der Waals surface area contributed by atoms with Gasteiger partial charge in [-0.15, -0.1) is 0 Å². The lowest BCUT2D eigenvalue weighted by molar-refractivity contribution is 0.561.